The van der Waals surface area contributed by atoms with Gasteiger partial charge in [0.25, 0.3) is 5.91 Å². The molecule has 2 N–H and O–H groups in total. The van der Waals surface area contributed by atoms with Gasteiger partial charge in [0.2, 0.25) is 13.6 Å². The van der Waals surface area contributed by atoms with Crippen molar-refractivity contribution in [3.63, 3.8) is 0 Å². The van der Waals surface area contributed by atoms with Crippen molar-refractivity contribution in [2.75, 3.05) is 19.7 Å². The van der Waals surface area contributed by atoms with Gasteiger partial charge in [-0.3, -0.25) is 28.0 Å². The van der Waals surface area contributed by atoms with Crippen LogP contribution in [0.1, 0.15) is 48.5 Å². The first kappa shape index (κ1) is 30.9. The molecule has 2 rings (SSSR count). The summed E-state index contributed by atoms with van der Waals surface area (Å²) in [6.45, 7) is 13.0. The highest BCUT2D eigenvalue weighted by atomic mass is 31.2. The minimum atomic E-state index is -4.34. The molecule has 0 aliphatic carbocycles. The molecule has 1 fully saturated rings. The van der Waals surface area contributed by atoms with E-state index in [2.05, 4.69) is 11.9 Å². The smallest absolute Gasteiger partial charge is 0.339 e. The molecule has 0 spiro atoms. The summed E-state index contributed by atoms with van der Waals surface area (Å²) in [5.41, 5.74) is -3.58. The van der Waals surface area contributed by atoms with Crippen LogP contribution >= 0.6 is 7.60 Å². The average Bonchev–Trinajstić information content (AvgIpc) is 2.96. The number of carbonyl (C=O) groups excluding carboxylic acids is 3. The second-order valence-electron chi connectivity index (χ2n) is 11.0. The Morgan fingerprint density at radius 3 is 2.08 bits per heavy atom. The molecule has 0 saturated carbocycles. The number of hydrogen-bond acceptors (Lipinski definition) is 11. The van der Waals surface area contributed by atoms with Crippen LogP contribution < -0.4 is 5.32 Å². The van der Waals surface area contributed by atoms with E-state index in [1.165, 1.54) is 18.0 Å². The van der Waals surface area contributed by atoms with Gasteiger partial charge in [0.1, 0.15) is 17.5 Å². The molecule has 37 heavy (non-hydrogen) atoms. The summed E-state index contributed by atoms with van der Waals surface area (Å²) in [5.74, 6) is -1.76. The maximum Gasteiger partial charge on any atom is 0.339 e. The van der Waals surface area contributed by atoms with Crippen LogP contribution in [0, 0.1) is 10.8 Å². The lowest BCUT2D eigenvalue weighted by Crippen LogP contribution is -2.45. The van der Waals surface area contributed by atoms with Crippen LogP contribution in [-0.4, -0.2) is 71.7 Å². The highest BCUT2D eigenvalue weighted by Gasteiger charge is 2.57. The highest BCUT2D eigenvalue weighted by Crippen LogP contribution is 2.54. The molecule has 12 nitrogen and oxygen atoms in total. The van der Waals surface area contributed by atoms with Crippen molar-refractivity contribution in [2.45, 2.75) is 72.6 Å². The molecule has 210 valence electrons. The van der Waals surface area contributed by atoms with Gasteiger partial charge in [-0.15, -0.1) is 0 Å². The van der Waals surface area contributed by atoms with Crippen LogP contribution in [-0.2, 0) is 42.2 Å². The molecule has 0 radical (unpaired) electrons. The summed E-state index contributed by atoms with van der Waals surface area (Å²) in [7, 11) is -4.34. The van der Waals surface area contributed by atoms with Crippen molar-refractivity contribution in [2.24, 2.45) is 10.8 Å². The van der Waals surface area contributed by atoms with E-state index in [1.807, 2.05) is 0 Å². The van der Waals surface area contributed by atoms with E-state index in [0.29, 0.717) is 0 Å². The molecule has 2 aliphatic rings. The minimum Gasteiger partial charge on any atom is -0.438 e. The number of nitrogens with one attached hydrogen (secondary N) is 1. The molecular formula is C23H36FN2O10P. The molecule has 0 unspecified atom stereocenters. The zero-order chi connectivity index (χ0) is 28.4. The maximum atomic E-state index is 15.2. The van der Waals surface area contributed by atoms with Gasteiger partial charge in [-0.05, 0) is 48.5 Å². The van der Waals surface area contributed by atoms with E-state index in [4.69, 9.17) is 23.3 Å². The number of halogens is 1. The topological polar surface area (TPSA) is 150 Å². The second kappa shape index (κ2) is 11.2. The van der Waals surface area contributed by atoms with Crippen LogP contribution in [0.4, 0.5) is 4.39 Å². The summed E-state index contributed by atoms with van der Waals surface area (Å²) >= 11 is 0. The number of ether oxygens (including phenoxy) is 3. The summed E-state index contributed by atoms with van der Waals surface area (Å²) in [6, 6.07) is 0. The molecular weight excluding hydrogens is 514 g/mol. The van der Waals surface area contributed by atoms with Gasteiger partial charge in [0, 0.05) is 12.3 Å². The molecule has 1 amide bonds. The van der Waals surface area contributed by atoms with E-state index in [9.17, 15) is 24.1 Å². The lowest BCUT2D eigenvalue weighted by Gasteiger charge is -2.34. The first-order chi connectivity index (χ1) is 16.8. The number of hydrogen-bond donors (Lipinski definition) is 2. The fourth-order valence-corrected chi connectivity index (χ4v) is 4.95. The molecule has 1 saturated heterocycles. The van der Waals surface area contributed by atoms with Crippen molar-refractivity contribution in [1.29, 1.82) is 0 Å². The van der Waals surface area contributed by atoms with Gasteiger partial charge in [-0.1, -0.05) is 6.58 Å². The van der Waals surface area contributed by atoms with E-state index in [1.54, 1.807) is 41.5 Å². The molecule has 0 aromatic carbocycles. The van der Waals surface area contributed by atoms with E-state index < -0.39 is 80.1 Å². The lowest BCUT2D eigenvalue weighted by atomic mass is 9.98. The van der Waals surface area contributed by atoms with Crippen molar-refractivity contribution >= 4 is 25.4 Å². The Labute approximate surface area is 215 Å². The normalized spacial score (nSPS) is 26.7. The number of rotatable bonds is 9. The Morgan fingerprint density at radius 2 is 1.65 bits per heavy atom. The van der Waals surface area contributed by atoms with Gasteiger partial charge in [0.15, 0.2) is 12.4 Å². The number of nitrogens with zero attached hydrogens (tertiary/aromatic N) is 1. The Bertz CT molecular complexity index is 953. The predicted octanol–water partition coefficient (Wildman–Crippen LogP) is 2.54. The van der Waals surface area contributed by atoms with Crippen molar-refractivity contribution in [1.82, 2.24) is 10.2 Å². The van der Waals surface area contributed by atoms with E-state index >= 15 is 4.39 Å². The minimum absolute atomic E-state index is 0.00969. The van der Waals surface area contributed by atoms with Crippen LogP contribution in [0.3, 0.4) is 0 Å². The molecule has 2 aliphatic heterocycles. The Balaban J connectivity index is 2.21. The third-order valence-corrected chi connectivity index (χ3v) is 7.45. The van der Waals surface area contributed by atoms with Crippen molar-refractivity contribution in [3.8, 4) is 0 Å². The standard InChI is InChI=1S/C23H36FN2O10P/c1-14-25-15(27)9-10-26(14)18-16(24)17(28)23(8,36-18)11-37(31,34-12-32-19(29)21(2,3)4)35-13-33-20(30)22(5,6)7/h9-10,16-18,28H,1,11-13H2,2-8H3,(H,25,27)/t16-,17+,18-,23-/m1/s1. The number of aliphatic hydroxyl groups excluding tert-OH is 1. The van der Waals surface area contributed by atoms with Crippen molar-refractivity contribution in [3.05, 3.63) is 24.7 Å². The number of alkyl halides is 1. The van der Waals surface area contributed by atoms with Crippen LogP contribution in [0.2, 0.25) is 0 Å². The van der Waals surface area contributed by atoms with Crippen molar-refractivity contribution < 1.29 is 51.7 Å². The molecule has 2 heterocycles. The number of aliphatic hydroxyl groups is 1. The SMILES string of the molecule is C=C1NC(=O)C=CN1[C@@H]1O[C@](C)(CP(=O)(OCOC(=O)C(C)(C)C)OCOC(=O)C(C)(C)C)[C@@H](O)[C@H]1F. The molecule has 14 heteroatoms. The average molecular weight is 551 g/mol. The quantitative estimate of drug-likeness (QED) is 0.248. The van der Waals surface area contributed by atoms with Crippen LogP contribution in [0.5, 0.6) is 0 Å². The van der Waals surface area contributed by atoms with Gasteiger partial charge in [0.05, 0.1) is 17.0 Å². The predicted molar refractivity (Wildman–Crippen MR) is 128 cm³/mol. The monoisotopic (exact) mass is 550 g/mol. The van der Waals surface area contributed by atoms with Gasteiger partial charge in [-0.25, -0.2) is 4.39 Å². The van der Waals surface area contributed by atoms with Crippen LogP contribution in [0.15, 0.2) is 24.7 Å². The summed E-state index contributed by atoms with van der Waals surface area (Å²) in [5, 5.41) is 13.1. The number of esters is 2. The first-order valence-electron chi connectivity index (χ1n) is 11.5. The third kappa shape index (κ3) is 7.84. The van der Waals surface area contributed by atoms with Gasteiger partial charge >= 0.3 is 19.5 Å². The zero-order valence-corrected chi connectivity index (χ0v) is 23.0. The number of carbonyl (C=O) groups is 3. The highest BCUT2D eigenvalue weighted by molar-refractivity contribution is 7.53. The molecule has 4 atom stereocenters. The fourth-order valence-electron chi connectivity index (χ4n) is 3.24. The zero-order valence-electron chi connectivity index (χ0n) is 22.1. The summed E-state index contributed by atoms with van der Waals surface area (Å²) in [4.78, 5) is 36.8. The van der Waals surface area contributed by atoms with Gasteiger partial charge in [-0.2, -0.15) is 0 Å². The first-order valence-corrected chi connectivity index (χ1v) is 13.2. The Hall–Kier alpha value is -2.31. The molecule has 0 aromatic rings. The Morgan fingerprint density at radius 1 is 1.16 bits per heavy atom. The molecule has 0 bridgehead atoms. The fraction of sp³-hybridized carbons (Fsp3) is 0.696. The summed E-state index contributed by atoms with van der Waals surface area (Å²) in [6.07, 6.45) is -3.61. The molecule has 0 aromatic heterocycles. The number of amides is 1. The second-order valence-corrected chi connectivity index (χ2v) is 13.1. The maximum absolute atomic E-state index is 15.2. The largest absolute Gasteiger partial charge is 0.438 e. The van der Waals surface area contributed by atoms with Gasteiger partial charge < -0.3 is 29.5 Å². The van der Waals surface area contributed by atoms with Crippen LogP contribution in [0.25, 0.3) is 0 Å². The Kier molecular flexibility index (Phi) is 9.36. The van der Waals surface area contributed by atoms with E-state index in [-0.39, 0.29) is 5.82 Å². The summed E-state index contributed by atoms with van der Waals surface area (Å²) < 4.78 is 55.1. The lowest BCUT2D eigenvalue weighted by molar-refractivity contribution is -0.162. The van der Waals surface area contributed by atoms with E-state index in [0.717, 1.165) is 6.08 Å². The third-order valence-electron chi connectivity index (χ3n) is 5.44.